The van der Waals surface area contributed by atoms with Crippen LogP contribution < -0.4 is 5.32 Å². The molecule has 1 heterocycles. The molecule has 1 aliphatic heterocycles. The number of fused-ring (bicyclic) bond motifs is 1. The van der Waals surface area contributed by atoms with Gasteiger partial charge in [0.1, 0.15) is 0 Å². The summed E-state index contributed by atoms with van der Waals surface area (Å²) < 4.78 is 0. The van der Waals surface area contributed by atoms with Crippen LogP contribution in [0, 0.1) is 6.92 Å². The van der Waals surface area contributed by atoms with Gasteiger partial charge in [-0.3, -0.25) is 9.79 Å². The minimum absolute atomic E-state index is 0. The summed E-state index contributed by atoms with van der Waals surface area (Å²) in [7, 11) is 3.83. The number of guanidine groups is 1. The smallest absolute Gasteiger partial charge is 0.222 e. The summed E-state index contributed by atoms with van der Waals surface area (Å²) in [6, 6.07) is 17.0. The fourth-order valence-electron chi connectivity index (χ4n) is 3.73. The number of carbonyl (C=O) groups excluding carboxylic acids is 1. The molecule has 1 N–H and O–H groups in total. The number of nitrogens with zero attached hydrogens (tertiary/aromatic N) is 3. The van der Waals surface area contributed by atoms with E-state index in [-0.39, 0.29) is 29.9 Å². The van der Waals surface area contributed by atoms with Crippen LogP contribution in [0.2, 0.25) is 0 Å². The molecule has 0 saturated carbocycles. The fraction of sp³-hybridized carbons (Fsp3) is 0.417. The van der Waals surface area contributed by atoms with Gasteiger partial charge in [-0.05, 0) is 36.5 Å². The van der Waals surface area contributed by atoms with E-state index in [4.69, 9.17) is 0 Å². The number of aliphatic imine (C=N–C) groups is 1. The molecule has 0 radical (unpaired) electrons. The molecule has 0 bridgehead atoms. The van der Waals surface area contributed by atoms with Crippen molar-refractivity contribution in [3.05, 3.63) is 70.8 Å². The van der Waals surface area contributed by atoms with Gasteiger partial charge in [0.15, 0.2) is 5.96 Å². The third-order valence-corrected chi connectivity index (χ3v) is 5.45. The van der Waals surface area contributed by atoms with Crippen molar-refractivity contribution in [2.45, 2.75) is 39.3 Å². The highest BCUT2D eigenvalue weighted by Crippen LogP contribution is 2.19. The highest BCUT2D eigenvalue weighted by molar-refractivity contribution is 14.0. The lowest BCUT2D eigenvalue weighted by molar-refractivity contribution is -0.132. The van der Waals surface area contributed by atoms with Gasteiger partial charge < -0.3 is 15.1 Å². The molecule has 30 heavy (non-hydrogen) atoms. The zero-order valence-electron chi connectivity index (χ0n) is 18.2. The van der Waals surface area contributed by atoms with Crippen LogP contribution in [-0.2, 0) is 24.3 Å². The van der Waals surface area contributed by atoms with E-state index in [2.05, 4.69) is 70.7 Å². The zero-order chi connectivity index (χ0) is 20.6. The highest BCUT2D eigenvalue weighted by Gasteiger charge is 2.19. The molecule has 0 aromatic heterocycles. The van der Waals surface area contributed by atoms with Crippen LogP contribution in [-0.4, -0.2) is 48.9 Å². The van der Waals surface area contributed by atoms with E-state index >= 15 is 0 Å². The molecule has 2 aromatic rings. The van der Waals surface area contributed by atoms with Crippen LogP contribution in [0.25, 0.3) is 0 Å². The van der Waals surface area contributed by atoms with E-state index in [0.29, 0.717) is 6.42 Å². The average molecular weight is 520 g/mol. The van der Waals surface area contributed by atoms with E-state index in [1.165, 1.54) is 22.3 Å². The van der Waals surface area contributed by atoms with E-state index < -0.39 is 0 Å². The Hall–Kier alpha value is -2.09. The van der Waals surface area contributed by atoms with Gasteiger partial charge in [0.2, 0.25) is 5.91 Å². The van der Waals surface area contributed by atoms with Gasteiger partial charge in [0.05, 0.1) is 0 Å². The summed E-state index contributed by atoms with van der Waals surface area (Å²) in [5.74, 6) is 1.09. The number of hydrogen-bond acceptors (Lipinski definition) is 2. The first-order valence-electron chi connectivity index (χ1n) is 10.4. The van der Waals surface area contributed by atoms with Crippen LogP contribution in [0.1, 0.15) is 35.1 Å². The molecule has 1 aliphatic rings. The molecule has 5 nitrogen and oxygen atoms in total. The average Bonchev–Trinajstić information content (AvgIpc) is 2.74. The lowest BCUT2D eigenvalue weighted by Gasteiger charge is -2.29. The van der Waals surface area contributed by atoms with Crippen LogP contribution in [0.15, 0.2) is 53.5 Å². The monoisotopic (exact) mass is 520 g/mol. The molecule has 0 unspecified atom stereocenters. The maximum atomic E-state index is 12.6. The van der Waals surface area contributed by atoms with Gasteiger partial charge in [-0.15, -0.1) is 24.0 Å². The zero-order valence-corrected chi connectivity index (χ0v) is 20.6. The van der Waals surface area contributed by atoms with Crippen molar-refractivity contribution in [1.29, 1.82) is 0 Å². The van der Waals surface area contributed by atoms with Gasteiger partial charge in [-0.2, -0.15) is 0 Å². The van der Waals surface area contributed by atoms with Crippen LogP contribution in [0.3, 0.4) is 0 Å². The minimum Gasteiger partial charge on any atom is -0.356 e. The Balaban J connectivity index is 0.00000320. The van der Waals surface area contributed by atoms with E-state index in [1.54, 1.807) is 7.05 Å². The van der Waals surface area contributed by atoms with Gasteiger partial charge >= 0.3 is 0 Å². The molecule has 0 atom stereocenters. The summed E-state index contributed by atoms with van der Waals surface area (Å²) in [4.78, 5) is 21.0. The lowest BCUT2D eigenvalue weighted by atomic mass is 9.99. The molecule has 0 spiro atoms. The maximum absolute atomic E-state index is 12.6. The third-order valence-electron chi connectivity index (χ3n) is 5.45. The van der Waals surface area contributed by atoms with Crippen LogP contribution >= 0.6 is 24.0 Å². The number of hydrogen-bond donors (Lipinski definition) is 1. The van der Waals surface area contributed by atoms with Crippen molar-refractivity contribution in [1.82, 2.24) is 15.1 Å². The van der Waals surface area contributed by atoms with Crippen LogP contribution in [0.5, 0.6) is 0 Å². The molecule has 6 heteroatoms. The first kappa shape index (κ1) is 24.2. The van der Waals surface area contributed by atoms with Crippen molar-refractivity contribution < 1.29 is 4.79 Å². The number of carbonyl (C=O) groups is 1. The summed E-state index contributed by atoms with van der Waals surface area (Å²) in [6.07, 6.45) is 2.32. The number of rotatable bonds is 6. The third kappa shape index (κ3) is 6.72. The summed E-state index contributed by atoms with van der Waals surface area (Å²) in [6.45, 7) is 5.19. The van der Waals surface area contributed by atoms with Crippen LogP contribution in [0.4, 0.5) is 0 Å². The second kappa shape index (κ2) is 11.9. The van der Waals surface area contributed by atoms with Gasteiger partial charge in [-0.25, -0.2) is 0 Å². The summed E-state index contributed by atoms with van der Waals surface area (Å²) >= 11 is 0. The van der Waals surface area contributed by atoms with Gasteiger partial charge in [-0.1, -0.05) is 54.1 Å². The van der Waals surface area contributed by atoms with Crippen molar-refractivity contribution >= 4 is 35.8 Å². The molecular formula is C24H33IN4O. The normalized spacial score (nSPS) is 13.3. The van der Waals surface area contributed by atoms with Gasteiger partial charge in [0.25, 0.3) is 0 Å². The van der Waals surface area contributed by atoms with Crippen molar-refractivity contribution in [3.8, 4) is 0 Å². The summed E-state index contributed by atoms with van der Waals surface area (Å²) in [5.41, 5.74) is 5.17. The molecule has 0 aliphatic carbocycles. The predicted molar refractivity (Wildman–Crippen MR) is 134 cm³/mol. The van der Waals surface area contributed by atoms with Crippen molar-refractivity contribution in [2.24, 2.45) is 4.99 Å². The number of amides is 1. The lowest BCUT2D eigenvalue weighted by Crippen LogP contribution is -2.39. The van der Waals surface area contributed by atoms with Crippen molar-refractivity contribution in [3.63, 3.8) is 0 Å². The highest BCUT2D eigenvalue weighted by atomic mass is 127. The Morgan fingerprint density at radius 1 is 1.13 bits per heavy atom. The second-order valence-electron chi connectivity index (χ2n) is 7.75. The minimum atomic E-state index is 0. The Morgan fingerprint density at radius 2 is 1.83 bits per heavy atom. The molecular weight excluding hydrogens is 487 g/mol. The second-order valence-corrected chi connectivity index (χ2v) is 7.75. The van der Waals surface area contributed by atoms with Crippen molar-refractivity contribution in [2.75, 3.05) is 27.2 Å². The van der Waals surface area contributed by atoms with E-state index in [9.17, 15) is 4.79 Å². The predicted octanol–water partition coefficient (Wildman–Crippen LogP) is 3.99. The largest absolute Gasteiger partial charge is 0.356 e. The molecule has 0 saturated heterocycles. The maximum Gasteiger partial charge on any atom is 0.222 e. The first-order valence-corrected chi connectivity index (χ1v) is 10.4. The number of halogens is 1. The first-order chi connectivity index (χ1) is 14.1. The standard InChI is InChI=1S/C24H32N4O.HI/c1-19-10-12-20(13-11-19)17-27(3)24(25-2)26-15-6-9-23(29)28-16-14-21-7-4-5-8-22(21)18-28;/h4-5,7-8,10-13H,6,9,14-18H2,1-3H3,(H,25,26);1H. The molecule has 0 fully saturated rings. The molecule has 162 valence electrons. The Kier molecular flexibility index (Phi) is 9.62. The van der Waals surface area contributed by atoms with E-state index in [1.807, 2.05) is 11.9 Å². The van der Waals surface area contributed by atoms with E-state index in [0.717, 1.165) is 45.0 Å². The quantitative estimate of drug-likeness (QED) is 0.271. The Morgan fingerprint density at radius 3 is 2.53 bits per heavy atom. The topological polar surface area (TPSA) is 47.9 Å². The SMILES string of the molecule is CN=C(NCCCC(=O)N1CCc2ccccc2C1)N(C)Cc1ccc(C)cc1.I. The molecule has 2 aromatic carbocycles. The Labute approximate surface area is 197 Å². The number of nitrogens with one attached hydrogen (secondary N) is 1. The Bertz CT molecular complexity index is 851. The summed E-state index contributed by atoms with van der Waals surface area (Å²) in [5, 5.41) is 3.38. The molecule has 1 amide bonds. The molecule has 3 rings (SSSR count). The number of aryl methyl sites for hydroxylation is 1. The number of benzene rings is 2. The van der Waals surface area contributed by atoms with Gasteiger partial charge in [0, 0.05) is 46.7 Å². The fourth-order valence-corrected chi connectivity index (χ4v) is 3.73.